The fraction of sp³-hybridized carbons (Fsp3) is 0.333. The molecule has 0 aliphatic carbocycles. The van der Waals surface area contributed by atoms with Crippen molar-refractivity contribution in [2.75, 3.05) is 6.54 Å². The van der Waals surface area contributed by atoms with Crippen molar-refractivity contribution in [2.24, 2.45) is 5.73 Å². The van der Waals surface area contributed by atoms with Crippen LogP contribution in [0.1, 0.15) is 12.0 Å². The van der Waals surface area contributed by atoms with Crippen LogP contribution in [0.4, 0.5) is 4.39 Å². The lowest BCUT2D eigenvalue weighted by molar-refractivity contribution is 0.465. The van der Waals surface area contributed by atoms with Gasteiger partial charge in [0.2, 0.25) is 0 Å². The number of aryl methyl sites for hydroxylation is 1. The molecule has 0 bridgehead atoms. The zero-order valence-electron chi connectivity index (χ0n) is 7.06. The predicted octanol–water partition coefficient (Wildman–Crippen LogP) is 2.08. The van der Waals surface area contributed by atoms with E-state index in [4.69, 9.17) is 17.3 Å². The van der Waals surface area contributed by atoms with Gasteiger partial charge in [0, 0.05) is 0 Å². The fourth-order valence-corrected chi connectivity index (χ4v) is 1.33. The molecule has 0 unspecified atom stereocenters. The number of rotatable bonds is 3. The van der Waals surface area contributed by atoms with E-state index in [1.54, 1.807) is 0 Å². The lowest BCUT2D eigenvalue weighted by Gasteiger charge is -2.05. The van der Waals surface area contributed by atoms with Crippen LogP contribution in [0.3, 0.4) is 0 Å². The van der Waals surface area contributed by atoms with Crippen LogP contribution in [-0.4, -0.2) is 11.7 Å². The van der Waals surface area contributed by atoms with Gasteiger partial charge in [-0.2, -0.15) is 0 Å². The minimum atomic E-state index is -0.435. The van der Waals surface area contributed by atoms with Gasteiger partial charge in [0.1, 0.15) is 11.6 Å². The van der Waals surface area contributed by atoms with Crippen molar-refractivity contribution in [3.63, 3.8) is 0 Å². The lowest BCUT2D eigenvalue weighted by Crippen LogP contribution is -2.00. The lowest BCUT2D eigenvalue weighted by atomic mass is 10.1. The summed E-state index contributed by atoms with van der Waals surface area (Å²) in [5.41, 5.74) is 5.80. The molecule has 0 aliphatic heterocycles. The van der Waals surface area contributed by atoms with E-state index >= 15 is 0 Å². The number of hydrogen-bond donors (Lipinski definition) is 2. The highest BCUT2D eigenvalue weighted by molar-refractivity contribution is 6.32. The second kappa shape index (κ2) is 4.44. The molecule has 0 atom stereocenters. The largest absolute Gasteiger partial charge is 0.506 e. The van der Waals surface area contributed by atoms with Crippen LogP contribution in [0.5, 0.6) is 5.75 Å². The van der Waals surface area contributed by atoms with Gasteiger partial charge in [0.25, 0.3) is 0 Å². The minimum absolute atomic E-state index is 0.0449. The van der Waals surface area contributed by atoms with Crippen LogP contribution in [0.2, 0.25) is 5.02 Å². The molecule has 1 rings (SSSR count). The quantitative estimate of drug-likeness (QED) is 0.790. The van der Waals surface area contributed by atoms with Gasteiger partial charge < -0.3 is 10.8 Å². The number of phenols is 1. The van der Waals surface area contributed by atoms with Crippen molar-refractivity contribution >= 4 is 11.6 Å². The van der Waals surface area contributed by atoms with E-state index in [1.807, 2.05) is 0 Å². The van der Waals surface area contributed by atoms with Crippen molar-refractivity contribution in [2.45, 2.75) is 12.8 Å². The normalized spacial score (nSPS) is 10.4. The van der Waals surface area contributed by atoms with Crippen LogP contribution in [0.25, 0.3) is 0 Å². The summed E-state index contributed by atoms with van der Waals surface area (Å²) in [5, 5.41) is 9.46. The molecule has 3 N–H and O–H groups in total. The number of benzene rings is 1. The molecule has 0 aliphatic rings. The van der Waals surface area contributed by atoms with Gasteiger partial charge in [-0.1, -0.05) is 11.6 Å². The molecule has 1 aromatic rings. The van der Waals surface area contributed by atoms with Gasteiger partial charge >= 0.3 is 0 Å². The number of hydrogen-bond acceptors (Lipinski definition) is 2. The fourth-order valence-electron chi connectivity index (χ4n) is 1.10. The molecule has 4 heteroatoms. The first-order chi connectivity index (χ1) is 6.15. The smallest absolute Gasteiger partial charge is 0.137 e. The van der Waals surface area contributed by atoms with E-state index in [0.717, 1.165) is 6.07 Å². The molecule has 0 saturated carbocycles. The number of aromatic hydroxyl groups is 1. The summed E-state index contributed by atoms with van der Waals surface area (Å²) in [7, 11) is 0. The molecule has 0 amide bonds. The second-order valence-electron chi connectivity index (χ2n) is 2.79. The molecule has 1 aromatic carbocycles. The average molecular weight is 204 g/mol. The summed E-state index contributed by atoms with van der Waals surface area (Å²) in [5.74, 6) is -0.480. The zero-order chi connectivity index (χ0) is 9.84. The van der Waals surface area contributed by atoms with E-state index < -0.39 is 5.82 Å². The van der Waals surface area contributed by atoms with Crippen LogP contribution >= 0.6 is 11.6 Å². The summed E-state index contributed by atoms with van der Waals surface area (Å²) in [6.45, 7) is 0.508. The Morgan fingerprint density at radius 1 is 1.46 bits per heavy atom. The van der Waals surface area contributed by atoms with E-state index in [0.29, 0.717) is 24.9 Å². The SMILES string of the molecule is NCCCc1cc(F)cc(Cl)c1O. The van der Waals surface area contributed by atoms with Crippen molar-refractivity contribution < 1.29 is 9.50 Å². The highest BCUT2D eigenvalue weighted by atomic mass is 35.5. The Labute approximate surface area is 81.1 Å². The topological polar surface area (TPSA) is 46.2 Å². The zero-order valence-corrected chi connectivity index (χ0v) is 7.81. The summed E-state index contributed by atoms with van der Waals surface area (Å²) >= 11 is 5.58. The maximum Gasteiger partial charge on any atom is 0.137 e. The molecule has 2 nitrogen and oxygen atoms in total. The standard InChI is InChI=1S/C9H11ClFNO/c10-8-5-7(11)4-6(9(8)13)2-1-3-12/h4-5,13H,1-3,12H2. The highest BCUT2D eigenvalue weighted by Crippen LogP contribution is 2.29. The Bertz CT molecular complexity index is 304. The maximum absolute atomic E-state index is 12.8. The molecule has 13 heavy (non-hydrogen) atoms. The summed E-state index contributed by atoms with van der Waals surface area (Å²) in [4.78, 5) is 0. The third-order valence-corrected chi connectivity index (χ3v) is 2.05. The second-order valence-corrected chi connectivity index (χ2v) is 3.19. The molecule has 0 aromatic heterocycles. The highest BCUT2D eigenvalue weighted by Gasteiger charge is 2.07. The third-order valence-electron chi connectivity index (χ3n) is 1.76. The molecule has 0 heterocycles. The van der Waals surface area contributed by atoms with Crippen molar-refractivity contribution in [3.8, 4) is 5.75 Å². The number of phenolic OH excluding ortho intramolecular Hbond substituents is 1. The van der Waals surface area contributed by atoms with Crippen LogP contribution in [0.15, 0.2) is 12.1 Å². The van der Waals surface area contributed by atoms with Gasteiger partial charge in [-0.3, -0.25) is 0 Å². The van der Waals surface area contributed by atoms with Gasteiger partial charge in [0.05, 0.1) is 5.02 Å². The Morgan fingerprint density at radius 3 is 2.77 bits per heavy atom. The molecule has 72 valence electrons. The molecule has 0 fully saturated rings. The van der Waals surface area contributed by atoms with E-state index in [1.165, 1.54) is 6.07 Å². The van der Waals surface area contributed by atoms with Gasteiger partial charge in [0.15, 0.2) is 0 Å². The minimum Gasteiger partial charge on any atom is -0.506 e. The predicted molar refractivity (Wildman–Crippen MR) is 50.5 cm³/mol. The van der Waals surface area contributed by atoms with Gasteiger partial charge in [-0.05, 0) is 37.1 Å². The Balaban J connectivity index is 2.92. The Morgan fingerprint density at radius 2 is 2.15 bits per heavy atom. The third kappa shape index (κ3) is 2.57. The Hall–Kier alpha value is -0.800. The number of halogens is 2. The summed E-state index contributed by atoms with van der Waals surface area (Å²) in [6.07, 6.45) is 1.24. The van der Waals surface area contributed by atoms with E-state index in [9.17, 15) is 9.50 Å². The average Bonchev–Trinajstić information content (AvgIpc) is 2.09. The molecule has 0 saturated heterocycles. The van der Waals surface area contributed by atoms with Crippen LogP contribution in [-0.2, 0) is 6.42 Å². The summed E-state index contributed by atoms with van der Waals surface area (Å²) in [6, 6.07) is 2.36. The van der Waals surface area contributed by atoms with E-state index in [-0.39, 0.29) is 10.8 Å². The summed E-state index contributed by atoms with van der Waals surface area (Å²) < 4.78 is 12.8. The molecular formula is C9H11ClFNO. The monoisotopic (exact) mass is 203 g/mol. The first kappa shape index (κ1) is 10.3. The van der Waals surface area contributed by atoms with E-state index in [2.05, 4.69) is 0 Å². The molecule has 0 radical (unpaired) electrons. The van der Waals surface area contributed by atoms with Crippen molar-refractivity contribution in [1.29, 1.82) is 0 Å². The van der Waals surface area contributed by atoms with Crippen molar-refractivity contribution in [3.05, 3.63) is 28.5 Å². The molecular weight excluding hydrogens is 193 g/mol. The van der Waals surface area contributed by atoms with Crippen LogP contribution in [0, 0.1) is 5.82 Å². The Kier molecular flexibility index (Phi) is 3.51. The first-order valence-electron chi connectivity index (χ1n) is 4.02. The molecule has 0 spiro atoms. The van der Waals surface area contributed by atoms with Crippen LogP contribution < -0.4 is 5.73 Å². The number of nitrogens with two attached hydrogens (primary N) is 1. The first-order valence-corrected chi connectivity index (χ1v) is 4.40. The van der Waals surface area contributed by atoms with Gasteiger partial charge in [-0.25, -0.2) is 4.39 Å². The van der Waals surface area contributed by atoms with Crippen molar-refractivity contribution in [1.82, 2.24) is 0 Å². The van der Waals surface area contributed by atoms with Gasteiger partial charge in [-0.15, -0.1) is 0 Å². The maximum atomic E-state index is 12.8.